The Morgan fingerprint density at radius 3 is 3.11 bits per heavy atom. The molecule has 0 amide bonds. The third-order valence-electron chi connectivity index (χ3n) is 5.00. The number of fused-ring (bicyclic) bond motifs is 3. The van der Waals surface area contributed by atoms with Crippen molar-refractivity contribution in [1.29, 1.82) is 0 Å². The third kappa shape index (κ3) is 2.32. The van der Waals surface area contributed by atoms with E-state index in [0.29, 0.717) is 0 Å². The number of methoxy groups -OCH3 is 1. The second-order valence-electron chi connectivity index (χ2n) is 6.05. The van der Waals surface area contributed by atoms with Gasteiger partial charge in [0, 0.05) is 19.3 Å². The molecule has 0 aliphatic heterocycles. The summed E-state index contributed by atoms with van der Waals surface area (Å²) in [6, 6.07) is 9.07. The summed E-state index contributed by atoms with van der Waals surface area (Å²) < 4.78 is 5.17. The molecule has 2 nitrogen and oxygen atoms in total. The fourth-order valence-corrected chi connectivity index (χ4v) is 4.13. The van der Waals surface area contributed by atoms with E-state index in [9.17, 15) is 0 Å². The molecule has 104 valence electrons. The van der Waals surface area contributed by atoms with E-state index in [1.54, 1.807) is 18.2 Å². The van der Waals surface area contributed by atoms with Crippen LogP contribution in [0, 0.1) is 5.92 Å². The lowest BCUT2D eigenvalue weighted by Crippen LogP contribution is -2.48. The van der Waals surface area contributed by atoms with Crippen molar-refractivity contribution in [3.63, 3.8) is 0 Å². The fourth-order valence-electron chi connectivity index (χ4n) is 4.13. The zero-order valence-corrected chi connectivity index (χ0v) is 12.0. The molecule has 0 heterocycles. The van der Waals surface area contributed by atoms with E-state index in [-0.39, 0.29) is 5.54 Å². The average Bonchev–Trinajstić information content (AvgIpc) is 2.78. The smallest absolute Gasteiger partial charge is 0.0474 e. The number of nitrogens with one attached hydrogen (secondary N) is 1. The van der Waals surface area contributed by atoms with Crippen molar-refractivity contribution in [3.05, 3.63) is 35.4 Å². The Bertz CT molecular complexity index is 431. The summed E-state index contributed by atoms with van der Waals surface area (Å²) in [7, 11) is 1.78. The van der Waals surface area contributed by atoms with E-state index in [0.717, 1.165) is 25.5 Å². The number of rotatable bonds is 5. The van der Waals surface area contributed by atoms with Crippen LogP contribution in [-0.2, 0) is 16.7 Å². The molecule has 2 unspecified atom stereocenters. The van der Waals surface area contributed by atoms with Crippen LogP contribution in [0.25, 0.3) is 0 Å². The highest BCUT2D eigenvalue weighted by Gasteiger charge is 2.46. The van der Waals surface area contributed by atoms with Crippen molar-refractivity contribution in [1.82, 2.24) is 5.32 Å². The van der Waals surface area contributed by atoms with Crippen LogP contribution in [0.15, 0.2) is 24.3 Å². The highest BCUT2D eigenvalue weighted by molar-refractivity contribution is 5.40. The average molecular weight is 259 g/mol. The predicted octanol–water partition coefficient (Wildman–Crippen LogP) is 3.25. The maximum Gasteiger partial charge on any atom is 0.0474 e. The van der Waals surface area contributed by atoms with Crippen LogP contribution in [0.3, 0.4) is 0 Å². The highest BCUT2D eigenvalue weighted by atomic mass is 16.5. The quantitative estimate of drug-likeness (QED) is 0.820. The van der Waals surface area contributed by atoms with Gasteiger partial charge in [0.1, 0.15) is 0 Å². The lowest BCUT2D eigenvalue weighted by molar-refractivity contribution is 0.146. The van der Waals surface area contributed by atoms with Gasteiger partial charge in [0.2, 0.25) is 0 Å². The van der Waals surface area contributed by atoms with Gasteiger partial charge < -0.3 is 10.1 Å². The normalized spacial score (nSPS) is 29.0. The molecule has 0 spiro atoms. The molecule has 1 N–H and O–H groups in total. The van der Waals surface area contributed by atoms with Gasteiger partial charge in [-0.25, -0.2) is 0 Å². The standard InChI is InChI=1S/C17H25NO/c1-19-12-6-11-18-17-10-5-4-8-15(17)13-14-7-2-3-9-16(14)17/h2-3,7,9,15,18H,4-6,8,10-13H2,1H3. The van der Waals surface area contributed by atoms with Crippen LogP contribution in [0.4, 0.5) is 0 Å². The van der Waals surface area contributed by atoms with Gasteiger partial charge >= 0.3 is 0 Å². The molecule has 0 bridgehead atoms. The monoisotopic (exact) mass is 259 g/mol. The van der Waals surface area contributed by atoms with Crippen LogP contribution in [-0.4, -0.2) is 20.3 Å². The van der Waals surface area contributed by atoms with Gasteiger partial charge in [-0.15, -0.1) is 0 Å². The van der Waals surface area contributed by atoms with E-state index < -0.39 is 0 Å². The molecule has 2 heteroatoms. The molecule has 1 aromatic carbocycles. The van der Waals surface area contributed by atoms with Crippen LogP contribution < -0.4 is 5.32 Å². The van der Waals surface area contributed by atoms with Gasteiger partial charge in [-0.3, -0.25) is 0 Å². The van der Waals surface area contributed by atoms with Crippen LogP contribution in [0.5, 0.6) is 0 Å². The molecular weight excluding hydrogens is 234 g/mol. The molecule has 0 aromatic heterocycles. The summed E-state index contributed by atoms with van der Waals surface area (Å²) in [6.07, 6.45) is 7.83. The number of hydrogen-bond acceptors (Lipinski definition) is 2. The highest BCUT2D eigenvalue weighted by Crippen LogP contribution is 2.49. The van der Waals surface area contributed by atoms with Gasteiger partial charge in [-0.05, 0) is 49.3 Å². The van der Waals surface area contributed by atoms with Crippen LogP contribution in [0.2, 0.25) is 0 Å². The van der Waals surface area contributed by atoms with Gasteiger partial charge in [-0.1, -0.05) is 37.1 Å². The summed E-state index contributed by atoms with van der Waals surface area (Å²) >= 11 is 0. The Balaban J connectivity index is 1.81. The Labute approximate surface area is 116 Å². The summed E-state index contributed by atoms with van der Waals surface area (Å²) in [4.78, 5) is 0. The largest absolute Gasteiger partial charge is 0.385 e. The molecule has 1 fully saturated rings. The first kappa shape index (κ1) is 13.1. The molecule has 2 aliphatic rings. The van der Waals surface area contributed by atoms with E-state index >= 15 is 0 Å². The lowest BCUT2D eigenvalue weighted by atomic mass is 9.72. The first-order chi connectivity index (χ1) is 9.37. The minimum atomic E-state index is 0.266. The van der Waals surface area contributed by atoms with Gasteiger partial charge in [-0.2, -0.15) is 0 Å². The zero-order chi connectivity index (χ0) is 13.1. The molecule has 0 radical (unpaired) electrons. The first-order valence-corrected chi connectivity index (χ1v) is 7.69. The Morgan fingerprint density at radius 2 is 2.21 bits per heavy atom. The van der Waals surface area contributed by atoms with Crippen molar-refractivity contribution in [2.75, 3.05) is 20.3 Å². The molecular formula is C17H25NO. The molecule has 3 rings (SSSR count). The van der Waals surface area contributed by atoms with Crippen molar-refractivity contribution in [3.8, 4) is 0 Å². The minimum Gasteiger partial charge on any atom is -0.385 e. The molecule has 1 saturated carbocycles. The molecule has 2 aliphatic carbocycles. The Kier molecular flexibility index (Phi) is 3.90. The van der Waals surface area contributed by atoms with Crippen molar-refractivity contribution < 1.29 is 4.74 Å². The number of ether oxygens (including phenoxy) is 1. The second-order valence-corrected chi connectivity index (χ2v) is 6.05. The lowest BCUT2D eigenvalue weighted by Gasteiger charge is -2.41. The van der Waals surface area contributed by atoms with Crippen molar-refractivity contribution in [2.45, 2.75) is 44.1 Å². The maximum absolute atomic E-state index is 5.17. The Morgan fingerprint density at radius 1 is 1.32 bits per heavy atom. The van der Waals surface area contributed by atoms with Gasteiger partial charge in [0.15, 0.2) is 0 Å². The molecule has 1 aromatic rings. The van der Waals surface area contributed by atoms with E-state index in [1.807, 2.05) is 0 Å². The zero-order valence-electron chi connectivity index (χ0n) is 12.0. The molecule has 0 saturated heterocycles. The summed E-state index contributed by atoms with van der Waals surface area (Å²) in [5.74, 6) is 0.807. The minimum absolute atomic E-state index is 0.266. The summed E-state index contributed by atoms with van der Waals surface area (Å²) in [5.41, 5.74) is 3.42. The third-order valence-corrected chi connectivity index (χ3v) is 5.00. The van der Waals surface area contributed by atoms with E-state index in [2.05, 4.69) is 29.6 Å². The molecule has 19 heavy (non-hydrogen) atoms. The number of benzene rings is 1. The predicted molar refractivity (Wildman–Crippen MR) is 78.3 cm³/mol. The maximum atomic E-state index is 5.17. The number of hydrogen-bond donors (Lipinski definition) is 1. The van der Waals surface area contributed by atoms with Crippen molar-refractivity contribution in [2.24, 2.45) is 5.92 Å². The second kappa shape index (κ2) is 5.64. The van der Waals surface area contributed by atoms with Gasteiger partial charge in [0.05, 0.1) is 0 Å². The fraction of sp³-hybridized carbons (Fsp3) is 0.647. The SMILES string of the molecule is COCCCNC12CCCCC1Cc1ccccc12. The molecule has 2 atom stereocenters. The first-order valence-electron chi connectivity index (χ1n) is 7.69. The Hall–Kier alpha value is -0.860. The van der Waals surface area contributed by atoms with E-state index in [4.69, 9.17) is 4.74 Å². The van der Waals surface area contributed by atoms with Crippen molar-refractivity contribution >= 4 is 0 Å². The summed E-state index contributed by atoms with van der Waals surface area (Å²) in [6.45, 7) is 1.92. The summed E-state index contributed by atoms with van der Waals surface area (Å²) in [5, 5.41) is 3.91. The van der Waals surface area contributed by atoms with Crippen LogP contribution >= 0.6 is 0 Å². The topological polar surface area (TPSA) is 21.3 Å². The van der Waals surface area contributed by atoms with Gasteiger partial charge in [0.25, 0.3) is 0 Å². The van der Waals surface area contributed by atoms with E-state index in [1.165, 1.54) is 32.1 Å². The van der Waals surface area contributed by atoms with Crippen LogP contribution in [0.1, 0.15) is 43.2 Å².